The summed E-state index contributed by atoms with van der Waals surface area (Å²) in [6, 6.07) is -0.120. The highest BCUT2D eigenvalue weighted by Crippen LogP contribution is 2.04. The van der Waals surface area contributed by atoms with E-state index in [9.17, 15) is 13.2 Å². The molecule has 16 heavy (non-hydrogen) atoms. The molecule has 5 nitrogen and oxygen atoms in total. The molecule has 0 heterocycles. The summed E-state index contributed by atoms with van der Waals surface area (Å²) < 4.78 is 25.3. The molecule has 0 aromatic rings. The van der Waals surface area contributed by atoms with Crippen LogP contribution in [0, 0.1) is 0 Å². The van der Waals surface area contributed by atoms with Crippen molar-refractivity contribution in [2.75, 3.05) is 5.75 Å². The first kappa shape index (κ1) is 15.4. The van der Waals surface area contributed by atoms with Crippen LogP contribution >= 0.6 is 0 Å². The fourth-order valence-corrected chi connectivity index (χ4v) is 2.64. The summed E-state index contributed by atoms with van der Waals surface area (Å²) in [7, 11) is -3.44. The van der Waals surface area contributed by atoms with Crippen molar-refractivity contribution in [3.8, 4) is 0 Å². The Balaban J connectivity index is 3.91. The summed E-state index contributed by atoms with van der Waals surface area (Å²) in [5.41, 5.74) is 0. The van der Waals surface area contributed by atoms with Crippen LogP contribution in [0.5, 0.6) is 0 Å². The highest BCUT2D eigenvalue weighted by atomic mass is 32.2. The van der Waals surface area contributed by atoms with E-state index < -0.39 is 16.0 Å². The Morgan fingerprint density at radius 3 is 2.50 bits per heavy atom. The predicted molar refractivity (Wildman–Crippen MR) is 62.8 cm³/mol. The van der Waals surface area contributed by atoms with Gasteiger partial charge in [-0.05, 0) is 13.3 Å². The number of unbranched alkanes of at least 4 members (excludes halogenated alkanes) is 2. The van der Waals surface area contributed by atoms with Crippen LogP contribution in [0.1, 0.15) is 46.0 Å². The number of aliphatic carboxylic acids is 1. The number of carboxylic acids is 1. The van der Waals surface area contributed by atoms with Crippen LogP contribution in [0.3, 0.4) is 0 Å². The molecule has 0 aromatic carbocycles. The normalized spacial score (nSPS) is 13.6. The van der Waals surface area contributed by atoms with Crippen molar-refractivity contribution in [3.63, 3.8) is 0 Å². The standard InChI is InChI=1S/C10H21NO4S/c1-3-4-5-6-9(2)11-16(14,15)8-7-10(12)13/h9,11H,3-8H2,1-2H3,(H,12,13). The zero-order valence-corrected chi connectivity index (χ0v) is 10.7. The first-order chi connectivity index (χ1) is 7.37. The lowest BCUT2D eigenvalue weighted by Gasteiger charge is -2.13. The van der Waals surface area contributed by atoms with Crippen molar-refractivity contribution in [1.82, 2.24) is 4.72 Å². The van der Waals surface area contributed by atoms with Gasteiger partial charge in [0, 0.05) is 6.04 Å². The van der Waals surface area contributed by atoms with Crippen LogP contribution in [-0.2, 0) is 14.8 Å². The van der Waals surface area contributed by atoms with Gasteiger partial charge >= 0.3 is 5.97 Å². The summed E-state index contributed by atoms with van der Waals surface area (Å²) in [6.07, 6.45) is 3.61. The van der Waals surface area contributed by atoms with Gasteiger partial charge in [-0.3, -0.25) is 4.79 Å². The van der Waals surface area contributed by atoms with Crippen LogP contribution in [0.2, 0.25) is 0 Å². The molecule has 0 aromatic heterocycles. The van der Waals surface area contributed by atoms with Crippen molar-refractivity contribution >= 4 is 16.0 Å². The third kappa shape index (κ3) is 8.67. The Bertz CT molecular complexity index is 300. The number of sulfonamides is 1. The minimum absolute atomic E-state index is 0.120. The number of carbonyl (C=O) groups is 1. The topological polar surface area (TPSA) is 83.5 Å². The lowest BCUT2D eigenvalue weighted by atomic mass is 10.1. The number of nitrogens with one attached hydrogen (secondary N) is 1. The van der Waals surface area contributed by atoms with Gasteiger partial charge in [0.05, 0.1) is 12.2 Å². The SMILES string of the molecule is CCCCCC(C)NS(=O)(=O)CCC(=O)O. The molecule has 0 rings (SSSR count). The second-order valence-corrected chi connectivity index (χ2v) is 5.85. The molecule has 0 saturated carbocycles. The lowest BCUT2D eigenvalue weighted by Crippen LogP contribution is -2.34. The number of rotatable bonds is 9. The largest absolute Gasteiger partial charge is 0.481 e. The third-order valence-corrected chi connectivity index (χ3v) is 3.71. The molecule has 1 unspecified atom stereocenters. The van der Waals surface area contributed by atoms with Crippen molar-refractivity contribution in [2.45, 2.75) is 52.0 Å². The zero-order chi connectivity index (χ0) is 12.6. The summed E-state index contributed by atoms with van der Waals surface area (Å²) in [4.78, 5) is 10.3. The molecule has 96 valence electrons. The van der Waals surface area contributed by atoms with Crippen molar-refractivity contribution in [3.05, 3.63) is 0 Å². The number of hydrogen-bond acceptors (Lipinski definition) is 3. The van der Waals surface area contributed by atoms with Gasteiger partial charge < -0.3 is 5.11 Å². The zero-order valence-electron chi connectivity index (χ0n) is 9.90. The summed E-state index contributed by atoms with van der Waals surface area (Å²) in [5, 5.41) is 8.39. The van der Waals surface area contributed by atoms with Gasteiger partial charge in [0.2, 0.25) is 10.0 Å². The monoisotopic (exact) mass is 251 g/mol. The van der Waals surface area contributed by atoms with Gasteiger partial charge in [-0.2, -0.15) is 0 Å². The maximum Gasteiger partial charge on any atom is 0.304 e. The number of carboxylic acid groups (broad SMARTS) is 1. The van der Waals surface area contributed by atoms with Crippen LogP contribution in [-0.4, -0.2) is 31.3 Å². The van der Waals surface area contributed by atoms with Gasteiger partial charge in [-0.25, -0.2) is 13.1 Å². The van der Waals surface area contributed by atoms with Crippen molar-refractivity contribution in [2.24, 2.45) is 0 Å². The quantitative estimate of drug-likeness (QED) is 0.606. The molecule has 0 fully saturated rings. The van der Waals surface area contributed by atoms with Crippen molar-refractivity contribution < 1.29 is 18.3 Å². The summed E-state index contributed by atoms with van der Waals surface area (Å²) in [5.74, 6) is -1.44. The summed E-state index contributed by atoms with van der Waals surface area (Å²) in [6.45, 7) is 3.88. The first-order valence-electron chi connectivity index (χ1n) is 5.59. The second kappa shape index (κ2) is 7.62. The molecule has 0 aliphatic carbocycles. The highest BCUT2D eigenvalue weighted by molar-refractivity contribution is 7.89. The van der Waals surface area contributed by atoms with Gasteiger partial charge in [0.25, 0.3) is 0 Å². The van der Waals surface area contributed by atoms with E-state index in [1.807, 2.05) is 0 Å². The van der Waals surface area contributed by atoms with E-state index in [-0.39, 0.29) is 18.2 Å². The Morgan fingerprint density at radius 1 is 1.38 bits per heavy atom. The van der Waals surface area contributed by atoms with Crippen LogP contribution < -0.4 is 4.72 Å². The minimum atomic E-state index is -3.44. The molecule has 0 spiro atoms. The maximum atomic E-state index is 11.4. The fourth-order valence-electron chi connectivity index (χ4n) is 1.35. The molecule has 0 amide bonds. The van der Waals surface area contributed by atoms with Gasteiger partial charge in [0.15, 0.2) is 0 Å². The van der Waals surface area contributed by atoms with Gasteiger partial charge in [0.1, 0.15) is 0 Å². The number of hydrogen-bond donors (Lipinski definition) is 2. The van der Waals surface area contributed by atoms with Crippen molar-refractivity contribution in [1.29, 1.82) is 0 Å². The average molecular weight is 251 g/mol. The second-order valence-electron chi connectivity index (χ2n) is 3.98. The van der Waals surface area contributed by atoms with E-state index in [2.05, 4.69) is 11.6 Å². The van der Waals surface area contributed by atoms with E-state index in [0.717, 1.165) is 25.7 Å². The Labute approximate surface area is 97.3 Å². The maximum absolute atomic E-state index is 11.4. The highest BCUT2D eigenvalue weighted by Gasteiger charge is 2.15. The Kier molecular flexibility index (Phi) is 7.33. The molecule has 0 aliphatic rings. The molecule has 0 bridgehead atoms. The van der Waals surface area contributed by atoms with E-state index in [0.29, 0.717) is 0 Å². The van der Waals surface area contributed by atoms with Crippen LogP contribution in [0.15, 0.2) is 0 Å². The smallest absolute Gasteiger partial charge is 0.304 e. The van der Waals surface area contributed by atoms with E-state index in [1.165, 1.54) is 0 Å². The van der Waals surface area contributed by atoms with E-state index >= 15 is 0 Å². The molecular formula is C10H21NO4S. The predicted octanol–water partition coefficient (Wildman–Crippen LogP) is 1.35. The third-order valence-electron chi connectivity index (χ3n) is 2.21. The van der Waals surface area contributed by atoms with E-state index in [1.54, 1.807) is 6.92 Å². The molecule has 0 radical (unpaired) electrons. The summed E-state index contributed by atoms with van der Waals surface area (Å²) >= 11 is 0. The van der Waals surface area contributed by atoms with Gasteiger partial charge in [-0.1, -0.05) is 26.2 Å². The Morgan fingerprint density at radius 2 is 2.00 bits per heavy atom. The first-order valence-corrected chi connectivity index (χ1v) is 7.24. The van der Waals surface area contributed by atoms with Crippen LogP contribution in [0.4, 0.5) is 0 Å². The molecule has 0 saturated heterocycles. The molecule has 0 aliphatic heterocycles. The van der Waals surface area contributed by atoms with Gasteiger partial charge in [-0.15, -0.1) is 0 Å². The molecular weight excluding hydrogens is 230 g/mol. The molecule has 2 N–H and O–H groups in total. The minimum Gasteiger partial charge on any atom is -0.481 e. The fraction of sp³-hybridized carbons (Fsp3) is 0.900. The average Bonchev–Trinajstić information content (AvgIpc) is 2.15. The Hall–Kier alpha value is -0.620. The molecule has 1 atom stereocenters. The lowest BCUT2D eigenvalue weighted by molar-refractivity contribution is -0.136. The van der Waals surface area contributed by atoms with Crippen LogP contribution in [0.25, 0.3) is 0 Å². The van der Waals surface area contributed by atoms with E-state index in [4.69, 9.17) is 5.11 Å². The molecule has 6 heteroatoms.